The lowest BCUT2D eigenvalue weighted by Gasteiger charge is -2.50. The lowest BCUT2D eigenvalue weighted by molar-refractivity contribution is -0.258. The van der Waals surface area contributed by atoms with Gasteiger partial charge in [-0.3, -0.25) is 10.8 Å². The molecule has 3 aliphatic rings. The van der Waals surface area contributed by atoms with Crippen LogP contribution in [0.5, 0.6) is 0 Å². The van der Waals surface area contributed by atoms with Gasteiger partial charge in [-0.15, -0.1) is 0 Å². The van der Waals surface area contributed by atoms with E-state index in [9.17, 15) is 28.9 Å². The maximum atomic E-state index is 13.9. The van der Waals surface area contributed by atoms with Gasteiger partial charge in [0.25, 0.3) is 0 Å². The Kier molecular flexibility index (Phi) is 4.15. The first-order valence-corrected chi connectivity index (χ1v) is 8.60. The maximum Gasteiger partial charge on any atom is 0.341 e. The van der Waals surface area contributed by atoms with Crippen LogP contribution in [0.15, 0.2) is 18.2 Å². The number of carbonyl (C=O) groups excluding carboxylic acids is 1. The first-order chi connectivity index (χ1) is 13.6. The molecule has 0 saturated carbocycles. The van der Waals surface area contributed by atoms with E-state index in [1.54, 1.807) is 0 Å². The Morgan fingerprint density at radius 3 is 2.72 bits per heavy atom. The Bertz CT molecular complexity index is 914. The molecule has 3 fully saturated rings. The van der Waals surface area contributed by atoms with Gasteiger partial charge in [-0.1, -0.05) is 6.07 Å². The summed E-state index contributed by atoms with van der Waals surface area (Å²) >= 11 is 0. The number of ether oxygens (including phenoxy) is 1. The molecule has 0 amide bonds. The number of carbonyl (C=O) groups is 1. The van der Waals surface area contributed by atoms with Crippen molar-refractivity contribution in [3.63, 3.8) is 0 Å². The Balaban J connectivity index is 1.70. The average Bonchev–Trinajstić information content (AvgIpc) is 3.12. The summed E-state index contributed by atoms with van der Waals surface area (Å²) in [5.74, 6) is -7.52. The summed E-state index contributed by atoms with van der Waals surface area (Å²) in [6.07, 6.45) is -1.69. The van der Waals surface area contributed by atoms with Crippen LogP contribution in [0.3, 0.4) is 0 Å². The van der Waals surface area contributed by atoms with Gasteiger partial charge in [-0.25, -0.2) is 13.6 Å². The van der Waals surface area contributed by atoms with Gasteiger partial charge >= 0.3 is 5.97 Å². The van der Waals surface area contributed by atoms with Crippen molar-refractivity contribution in [2.24, 2.45) is 0 Å². The van der Waals surface area contributed by atoms with E-state index < -0.39 is 66.0 Å². The Hall–Kier alpha value is -3.03. The lowest BCUT2D eigenvalue weighted by Crippen LogP contribution is -2.80. The van der Waals surface area contributed by atoms with E-state index in [0.29, 0.717) is 0 Å². The first kappa shape index (κ1) is 19.3. The highest BCUT2D eigenvalue weighted by Gasteiger charge is 2.75. The van der Waals surface area contributed by atoms with Crippen molar-refractivity contribution in [2.75, 3.05) is 13.2 Å². The van der Waals surface area contributed by atoms with Gasteiger partial charge in [0, 0.05) is 0 Å². The molecule has 0 aromatic heterocycles. The molecule has 8 N–H and O–H groups in total. The predicted molar refractivity (Wildman–Crippen MR) is 91.7 cm³/mol. The van der Waals surface area contributed by atoms with Crippen LogP contribution in [-0.4, -0.2) is 80.9 Å². The molecule has 4 atom stereocenters. The molecule has 156 valence electrons. The second-order valence-electron chi connectivity index (χ2n) is 7.00. The zero-order valence-electron chi connectivity index (χ0n) is 14.7. The van der Waals surface area contributed by atoms with E-state index in [1.165, 1.54) is 0 Å². The fourth-order valence-corrected chi connectivity index (χ4v) is 4.12. The fraction of sp³-hybridized carbons (Fsp3) is 0.438. The Labute approximate surface area is 162 Å². The molecule has 0 aliphatic carbocycles. The van der Waals surface area contributed by atoms with Crippen LogP contribution < -0.4 is 16.0 Å². The van der Waals surface area contributed by atoms with Gasteiger partial charge < -0.3 is 40.9 Å². The molecule has 0 radical (unpaired) electrons. The molecule has 11 nitrogen and oxygen atoms in total. The van der Waals surface area contributed by atoms with Crippen LogP contribution in [0, 0.1) is 22.5 Å². The van der Waals surface area contributed by atoms with E-state index in [2.05, 4.69) is 16.0 Å². The van der Waals surface area contributed by atoms with E-state index >= 15 is 0 Å². The summed E-state index contributed by atoms with van der Waals surface area (Å²) in [5, 5.41) is 55.4. The number of hydrogen-bond donors (Lipinski definition) is 8. The second-order valence-corrected chi connectivity index (χ2v) is 7.00. The molecule has 13 heteroatoms. The minimum absolute atomic E-state index is 0.300. The van der Waals surface area contributed by atoms with E-state index in [-0.39, 0.29) is 11.9 Å². The van der Waals surface area contributed by atoms with Crippen molar-refractivity contribution in [2.45, 2.75) is 29.6 Å². The topological polar surface area (TPSA) is 174 Å². The average molecular weight is 412 g/mol. The third-order valence-corrected chi connectivity index (χ3v) is 5.46. The molecule has 4 rings (SSSR count). The normalized spacial score (nSPS) is 32.0. The van der Waals surface area contributed by atoms with Crippen molar-refractivity contribution in [1.82, 2.24) is 20.9 Å². The quantitative estimate of drug-likeness (QED) is 0.198. The minimum Gasteiger partial charge on any atom is -0.451 e. The highest BCUT2D eigenvalue weighted by Crippen LogP contribution is 2.44. The molecule has 1 unspecified atom stereocenters. The molecule has 0 bridgehead atoms. The van der Waals surface area contributed by atoms with Crippen molar-refractivity contribution >= 4 is 17.9 Å². The van der Waals surface area contributed by atoms with Crippen LogP contribution in [0.1, 0.15) is 10.4 Å². The highest BCUT2D eigenvalue weighted by molar-refractivity contribution is 5.90. The molecule has 3 heterocycles. The minimum atomic E-state index is -2.87. The SMILES string of the molecule is N=C1NC2[C@H](CO)NC(=N)N3C[C@H](OC(=O)c4cccc(F)c4F)C(O)(O)[C@]23N1. The molecule has 3 aliphatic heterocycles. The molecular weight excluding hydrogens is 394 g/mol. The third-order valence-electron chi connectivity index (χ3n) is 5.46. The molecule has 1 aromatic carbocycles. The van der Waals surface area contributed by atoms with E-state index in [4.69, 9.17) is 15.6 Å². The summed E-state index contributed by atoms with van der Waals surface area (Å²) in [6.45, 7) is -0.905. The summed E-state index contributed by atoms with van der Waals surface area (Å²) in [5.41, 5.74) is -2.66. The van der Waals surface area contributed by atoms with Crippen LogP contribution in [0.25, 0.3) is 0 Å². The number of guanidine groups is 2. The standard InChI is InChI=1S/C16H18F2N6O5/c17-7-3-1-2-6(10(7)18)12(26)29-9-4-24-14(20)21-8(5-25)11-15(24,16(9,27)28)23-13(19)22-11/h1-3,8-9,11,25,27-28H,4-5H2,(H2,20,21)(H3,19,22,23)/t8-,9-,11?,15-/m0/s1. The third kappa shape index (κ3) is 2.47. The van der Waals surface area contributed by atoms with Crippen molar-refractivity contribution in [3.05, 3.63) is 35.4 Å². The van der Waals surface area contributed by atoms with Gasteiger partial charge in [0.15, 0.2) is 35.3 Å². The second kappa shape index (κ2) is 6.23. The van der Waals surface area contributed by atoms with E-state index in [1.807, 2.05) is 0 Å². The summed E-state index contributed by atoms with van der Waals surface area (Å²) in [6, 6.07) is 1.02. The van der Waals surface area contributed by atoms with Crippen LogP contribution in [0.4, 0.5) is 8.78 Å². The Morgan fingerprint density at radius 1 is 1.31 bits per heavy atom. The zero-order valence-corrected chi connectivity index (χ0v) is 14.7. The molecule has 1 aromatic rings. The number of benzene rings is 1. The zero-order chi connectivity index (χ0) is 21.1. The lowest BCUT2D eigenvalue weighted by atomic mass is 9.85. The number of nitrogens with zero attached hydrogens (tertiary/aromatic N) is 1. The fourth-order valence-electron chi connectivity index (χ4n) is 4.12. The number of hydrogen-bond acceptors (Lipinski definition) is 7. The monoisotopic (exact) mass is 412 g/mol. The number of nitrogens with one attached hydrogen (secondary N) is 5. The summed E-state index contributed by atoms with van der Waals surface area (Å²) < 4.78 is 32.4. The number of halogens is 2. The van der Waals surface area contributed by atoms with Crippen molar-refractivity contribution in [1.29, 1.82) is 10.8 Å². The molecule has 1 spiro atoms. The maximum absolute atomic E-state index is 13.9. The number of rotatable bonds is 3. The van der Waals surface area contributed by atoms with Gasteiger partial charge in [0.05, 0.1) is 30.8 Å². The van der Waals surface area contributed by atoms with Crippen molar-refractivity contribution < 1.29 is 33.6 Å². The summed E-state index contributed by atoms with van der Waals surface area (Å²) in [4.78, 5) is 13.5. The molecule has 29 heavy (non-hydrogen) atoms. The largest absolute Gasteiger partial charge is 0.451 e. The van der Waals surface area contributed by atoms with Crippen molar-refractivity contribution in [3.8, 4) is 0 Å². The van der Waals surface area contributed by atoms with Crippen LogP contribution in [-0.2, 0) is 4.74 Å². The van der Waals surface area contributed by atoms with Crippen LogP contribution >= 0.6 is 0 Å². The van der Waals surface area contributed by atoms with Gasteiger partial charge in [-0.05, 0) is 12.1 Å². The number of aliphatic hydroxyl groups excluding tert-OH is 1. The van der Waals surface area contributed by atoms with E-state index in [0.717, 1.165) is 23.1 Å². The predicted octanol–water partition coefficient (Wildman–Crippen LogP) is -2.42. The van der Waals surface area contributed by atoms with Gasteiger partial charge in [0.1, 0.15) is 0 Å². The molecular formula is C16H18F2N6O5. The summed E-state index contributed by atoms with van der Waals surface area (Å²) in [7, 11) is 0. The van der Waals surface area contributed by atoms with Gasteiger partial charge in [0.2, 0.25) is 5.79 Å². The van der Waals surface area contributed by atoms with Crippen LogP contribution in [0.2, 0.25) is 0 Å². The smallest absolute Gasteiger partial charge is 0.341 e. The highest BCUT2D eigenvalue weighted by atomic mass is 19.2. The molecule has 3 saturated heterocycles. The first-order valence-electron chi connectivity index (χ1n) is 8.60. The Morgan fingerprint density at radius 2 is 2.03 bits per heavy atom. The number of aliphatic hydroxyl groups is 3. The van der Waals surface area contributed by atoms with Gasteiger partial charge in [-0.2, -0.15) is 0 Å². The number of esters is 1.